The maximum absolute atomic E-state index is 7.73. The van der Waals surface area contributed by atoms with Crippen LogP contribution in [-0.4, -0.2) is 44.5 Å². The van der Waals surface area contributed by atoms with Crippen LogP contribution in [0, 0.1) is 11.3 Å². The van der Waals surface area contributed by atoms with Gasteiger partial charge in [-0.2, -0.15) is 0 Å². The molecule has 110 valence electrons. The van der Waals surface area contributed by atoms with Crippen LogP contribution in [0.5, 0.6) is 0 Å². The molecule has 1 fully saturated rings. The SMILES string of the molecule is CN(C)CC1CCN(c2cccc(Cl)c2C(=N)N)CC1. The second-order valence-electron chi connectivity index (χ2n) is 5.74. The number of nitrogens with one attached hydrogen (secondary N) is 1. The van der Waals surface area contributed by atoms with Crippen LogP contribution in [0.2, 0.25) is 5.02 Å². The third-order valence-electron chi connectivity index (χ3n) is 3.84. The fraction of sp³-hybridized carbons (Fsp3) is 0.533. The number of halogens is 1. The third kappa shape index (κ3) is 3.44. The predicted molar refractivity (Wildman–Crippen MR) is 86.0 cm³/mol. The molecule has 0 aromatic heterocycles. The van der Waals surface area contributed by atoms with Crippen molar-refractivity contribution < 1.29 is 0 Å². The second kappa shape index (κ2) is 6.46. The van der Waals surface area contributed by atoms with Gasteiger partial charge in [0.05, 0.1) is 10.6 Å². The number of hydrogen-bond donors (Lipinski definition) is 2. The van der Waals surface area contributed by atoms with Crippen molar-refractivity contribution >= 4 is 23.1 Å². The first-order chi connectivity index (χ1) is 9.49. The Morgan fingerprint density at radius 2 is 2.05 bits per heavy atom. The summed E-state index contributed by atoms with van der Waals surface area (Å²) < 4.78 is 0. The lowest BCUT2D eigenvalue weighted by Crippen LogP contribution is -2.38. The standard InChI is InChI=1S/C15H23ClN4/c1-19(2)10-11-6-8-20(9-7-11)13-5-3-4-12(16)14(13)15(17)18/h3-5,11H,6-10H2,1-2H3,(H3,17,18). The molecule has 0 spiro atoms. The molecule has 0 bridgehead atoms. The number of hydrogen-bond acceptors (Lipinski definition) is 3. The van der Waals surface area contributed by atoms with Gasteiger partial charge in [-0.3, -0.25) is 5.41 Å². The monoisotopic (exact) mass is 294 g/mol. The zero-order valence-corrected chi connectivity index (χ0v) is 13.0. The Balaban J connectivity index is 2.11. The first-order valence-corrected chi connectivity index (χ1v) is 7.39. The molecule has 20 heavy (non-hydrogen) atoms. The van der Waals surface area contributed by atoms with E-state index >= 15 is 0 Å². The highest BCUT2D eigenvalue weighted by molar-refractivity contribution is 6.34. The molecule has 1 aromatic rings. The molecule has 3 N–H and O–H groups in total. The molecule has 1 aliphatic rings. The van der Waals surface area contributed by atoms with Crippen LogP contribution in [0.3, 0.4) is 0 Å². The molecular formula is C15H23ClN4. The highest BCUT2D eigenvalue weighted by Gasteiger charge is 2.22. The fourth-order valence-corrected chi connectivity index (χ4v) is 3.19. The normalized spacial score (nSPS) is 16.7. The number of benzene rings is 1. The lowest BCUT2D eigenvalue weighted by Gasteiger charge is -2.35. The molecule has 5 heteroatoms. The van der Waals surface area contributed by atoms with E-state index in [2.05, 4.69) is 23.9 Å². The van der Waals surface area contributed by atoms with E-state index in [1.165, 1.54) is 12.8 Å². The third-order valence-corrected chi connectivity index (χ3v) is 4.15. The minimum Gasteiger partial charge on any atom is -0.384 e. The molecule has 0 unspecified atom stereocenters. The number of rotatable bonds is 4. The van der Waals surface area contributed by atoms with Crippen LogP contribution in [-0.2, 0) is 0 Å². The highest BCUT2D eigenvalue weighted by atomic mass is 35.5. The van der Waals surface area contributed by atoms with Gasteiger partial charge in [0.15, 0.2) is 0 Å². The summed E-state index contributed by atoms with van der Waals surface area (Å²) in [6, 6.07) is 5.73. The molecule has 0 atom stereocenters. The lowest BCUT2D eigenvalue weighted by atomic mass is 9.95. The van der Waals surface area contributed by atoms with Gasteiger partial charge in [-0.1, -0.05) is 17.7 Å². The van der Waals surface area contributed by atoms with Gasteiger partial charge in [0, 0.05) is 25.3 Å². The molecule has 0 amide bonds. The molecule has 1 saturated heterocycles. The Kier molecular flexibility index (Phi) is 4.89. The quantitative estimate of drug-likeness (QED) is 0.662. The maximum atomic E-state index is 7.73. The zero-order chi connectivity index (χ0) is 14.7. The maximum Gasteiger partial charge on any atom is 0.126 e. The van der Waals surface area contributed by atoms with Gasteiger partial charge in [0.25, 0.3) is 0 Å². The summed E-state index contributed by atoms with van der Waals surface area (Å²) in [5.74, 6) is 0.794. The van der Waals surface area contributed by atoms with Crippen LogP contribution in [0.1, 0.15) is 18.4 Å². The van der Waals surface area contributed by atoms with Crippen molar-refractivity contribution in [2.75, 3.05) is 38.6 Å². The van der Waals surface area contributed by atoms with E-state index in [4.69, 9.17) is 22.7 Å². The molecule has 4 nitrogen and oxygen atoms in total. The summed E-state index contributed by atoms with van der Waals surface area (Å²) in [5, 5.41) is 8.29. The molecule has 2 rings (SSSR count). The van der Waals surface area contributed by atoms with Gasteiger partial charge in [-0.05, 0) is 45.0 Å². The smallest absolute Gasteiger partial charge is 0.126 e. The van der Waals surface area contributed by atoms with Crippen LogP contribution in [0.4, 0.5) is 5.69 Å². The first-order valence-electron chi connectivity index (χ1n) is 7.01. The van der Waals surface area contributed by atoms with Crippen LogP contribution in [0.25, 0.3) is 0 Å². The van der Waals surface area contributed by atoms with Crippen LogP contribution >= 0.6 is 11.6 Å². The van der Waals surface area contributed by atoms with Gasteiger partial charge in [-0.25, -0.2) is 0 Å². The van der Waals surface area contributed by atoms with E-state index in [1.54, 1.807) is 6.07 Å². The van der Waals surface area contributed by atoms with Gasteiger partial charge in [-0.15, -0.1) is 0 Å². The van der Waals surface area contributed by atoms with E-state index in [0.717, 1.165) is 31.2 Å². The first kappa shape index (κ1) is 15.1. The largest absolute Gasteiger partial charge is 0.384 e. The lowest BCUT2D eigenvalue weighted by molar-refractivity contribution is 0.285. The molecule has 1 heterocycles. The van der Waals surface area contributed by atoms with Gasteiger partial charge in [0.1, 0.15) is 5.84 Å². The van der Waals surface area contributed by atoms with Gasteiger partial charge >= 0.3 is 0 Å². The Hall–Kier alpha value is -1.26. The Bertz CT molecular complexity index is 479. The molecule has 1 aliphatic heterocycles. The van der Waals surface area contributed by atoms with Gasteiger partial charge in [0.2, 0.25) is 0 Å². The molecule has 0 saturated carbocycles. The molecule has 1 aromatic carbocycles. The number of nitrogens with zero attached hydrogens (tertiary/aromatic N) is 2. The fourth-order valence-electron chi connectivity index (χ4n) is 2.92. The average Bonchev–Trinajstić information content (AvgIpc) is 2.38. The van der Waals surface area contributed by atoms with Gasteiger partial charge < -0.3 is 15.5 Å². The van der Waals surface area contributed by atoms with Crippen LogP contribution in [0.15, 0.2) is 18.2 Å². The highest BCUT2D eigenvalue weighted by Crippen LogP contribution is 2.30. The average molecular weight is 295 g/mol. The predicted octanol–water partition coefficient (Wildman–Crippen LogP) is 2.40. The van der Waals surface area contributed by atoms with Crippen molar-refractivity contribution in [2.24, 2.45) is 11.7 Å². The van der Waals surface area contributed by atoms with E-state index in [-0.39, 0.29) is 5.84 Å². The van der Waals surface area contributed by atoms with E-state index in [0.29, 0.717) is 10.6 Å². The van der Waals surface area contributed by atoms with E-state index in [1.807, 2.05) is 12.1 Å². The zero-order valence-electron chi connectivity index (χ0n) is 12.2. The molecule has 0 aliphatic carbocycles. The number of nitrogens with two attached hydrogens (primary N) is 1. The van der Waals surface area contributed by atoms with Crippen LogP contribution < -0.4 is 10.6 Å². The second-order valence-corrected chi connectivity index (χ2v) is 6.15. The Morgan fingerprint density at radius 3 is 2.60 bits per heavy atom. The number of piperidine rings is 1. The Labute approximate surface area is 126 Å². The van der Waals surface area contributed by atoms with Crippen molar-refractivity contribution in [1.29, 1.82) is 5.41 Å². The number of anilines is 1. The van der Waals surface area contributed by atoms with Crippen molar-refractivity contribution in [2.45, 2.75) is 12.8 Å². The Morgan fingerprint density at radius 1 is 1.40 bits per heavy atom. The number of nitrogen functional groups attached to an aromatic ring is 1. The van der Waals surface area contributed by atoms with Crippen molar-refractivity contribution in [3.63, 3.8) is 0 Å². The molecular weight excluding hydrogens is 272 g/mol. The summed E-state index contributed by atoms with van der Waals surface area (Å²) in [6.45, 7) is 3.14. The molecule has 0 radical (unpaired) electrons. The topological polar surface area (TPSA) is 56.4 Å². The van der Waals surface area contributed by atoms with Crippen molar-refractivity contribution in [3.8, 4) is 0 Å². The summed E-state index contributed by atoms with van der Waals surface area (Å²) in [6.07, 6.45) is 2.34. The summed E-state index contributed by atoms with van der Waals surface area (Å²) in [5.41, 5.74) is 7.34. The number of amidine groups is 1. The van der Waals surface area contributed by atoms with E-state index < -0.39 is 0 Å². The van der Waals surface area contributed by atoms with E-state index in [9.17, 15) is 0 Å². The van der Waals surface area contributed by atoms with Crippen molar-refractivity contribution in [1.82, 2.24) is 4.90 Å². The summed E-state index contributed by atoms with van der Waals surface area (Å²) >= 11 is 6.19. The van der Waals surface area contributed by atoms with Crippen molar-refractivity contribution in [3.05, 3.63) is 28.8 Å². The minimum atomic E-state index is 0.0426. The minimum absolute atomic E-state index is 0.0426. The summed E-state index contributed by atoms with van der Waals surface area (Å²) in [4.78, 5) is 4.55. The summed E-state index contributed by atoms with van der Waals surface area (Å²) in [7, 11) is 4.24.